The number of benzene rings is 1. The molecule has 1 fully saturated rings. The molecule has 0 aliphatic carbocycles. The maximum atomic E-state index is 13.4. The fourth-order valence-electron chi connectivity index (χ4n) is 3.49. The minimum Gasteiger partial charge on any atom is -0.320 e. The lowest BCUT2D eigenvalue weighted by Gasteiger charge is -2.32. The molecular formula is C19H21ClN4O2. The maximum Gasteiger partial charge on any atom is 0.259 e. The van der Waals surface area contributed by atoms with Gasteiger partial charge in [0.15, 0.2) is 5.82 Å². The van der Waals surface area contributed by atoms with Crippen molar-refractivity contribution in [2.24, 2.45) is 5.92 Å². The first-order valence-electron chi connectivity index (χ1n) is 8.53. The number of halogens is 1. The highest BCUT2D eigenvalue weighted by atomic mass is 35.5. The van der Waals surface area contributed by atoms with E-state index in [1.54, 1.807) is 23.2 Å². The van der Waals surface area contributed by atoms with Crippen molar-refractivity contribution < 1.29 is 9.59 Å². The van der Waals surface area contributed by atoms with Crippen molar-refractivity contribution in [3.05, 3.63) is 48.2 Å². The molecule has 0 saturated carbocycles. The lowest BCUT2D eigenvalue weighted by Crippen LogP contribution is -2.40. The summed E-state index contributed by atoms with van der Waals surface area (Å²) in [5.74, 6) is 0.118. The van der Waals surface area contributed by atoms with Gasteiger partial charge in [0.05, 0.1) is 16.9 Å². The Bertz CT molecular complexity index is 834. The van der Waals surface area contributed by atoms with Crippen LogP contribution >= 0.6 is 12.4 Å². The summed E-state index contributed by atoms with van der Waals surface area (Å²) in [7, 11) is 2.07. The van der Waals surface area contributed by atoms with Gasteiger partial charge in [-0.15, -0.1) is 12.4 Å². The highest BCUT2D eigenvalue weighted by molar-refractivity contribution is 6.17. The summed E-state index contributed by atoms with van der Waals surface area (Å²) in [6, 6.07) is 10.8. The van der Waals surface area contributed by atoms with Crippen molar-refractivity contribution in [2.75, 3.05) is 30.4 Å². The molecule has 7 heteroatoms. The molecule has 1 aromatic heterocycles. The van der Waals surface area contributed by atoms with E-state index in [1.807, 2.05) is 24.3 Å². The summed E-state index contributed by atoms with van der Waals surface area (Å²) in [5.41, 5.74) is 1.73. The van der Waals surface area contributed by atoms with Crippen LogP contribution in [0.1, 0.15) is 23.2 Å². The molecule has 136 valence electrons. The zero-order valence-corrected chi connectivity index (χ0v) is 15.3. The highest BCUT2D eigenvalue weighted by Crippen LogP contribution is 2.38. The van der Waals surface area contributed by atoms with E-state index in [2.05, 4.69) is 22.2 Å². The van der Waals surface area contributed by atoms with E-state index in [4.69, 9.17) is 0 Å². The predicted molar refractivity (Wildman–Crippen MR) is 103 cm³/mol. The number of carbonyl (C=O) groups is 2. The Kier molecular flexibility index (Phi) is 5.25. The van der Waals surface area contributed by atoms with Gasteiger partial charge in [0.1, 0.15) is 0 Å². The van der Waals surface area contributed by atoms with Crippen molar-refractivity contribution in [2.45, 2.75) is 12.8 Å². The molecule has 0 bridgehead atoms. The number of likely N-dealkylation sites (tertiary alicyclic amines) is 1. The number of amides is 2. The van der Waals surface area contributed by atoms with Crippen LogP contribution in [0.4, 0.5) is 17.2 Å². The number of rotatable bonds is 1. The number of piperidine rings is 1. The van der Waals surface area contributed by atoms with Gasteiger partial charge < -0.3 is 10.2 Å². The third-order valence-corrected chi connectivity index (χ3v) is 4.92. The van der Waals surface area contributed by atoms with Crippen molar-refractivity contribution >= 4 is 41.4 Å². The van der Waals surface area contributed by atoms with Crippen LogP contribution in [0.15, 0.2) is 42.6 Å². The first-order valence-corrected chi connectivity index (χ1v) is 8.53. The summed E-state index contributed by atoms with van der Waals surface area (Å²) >= 11 is 0. The van der Waals surface area contributed by atoms with Gasteiger partial charge >= 0.3 is 0 Å². The van der Waals surface area contributed by atoms with E-state index >= 15 is 0 Å². The Morgan fingerprint density at radius 3 is 2.65 bits per heavy atom. The molecule has 1 N–H and O–H groups in total. The predicted octanol–water partition coefficient (Wildman–Crippen LogP) is 3.08. The second-order valence-electron chi connectivity index (χ2n) is 6.60. The van der Waals surface area contributed by atoms with E-state index in [-0.39, 0.29) is 30.1 Å². The fraction of sp³-hybridized carbons (Fsp3) is 0.316. The number of hydrogen-bond acceptors (Lipinski definition) is 4. The molecule has 1 saturated heterocycles. The average molecular weight is 373 g/mol. The number of nitrogens with one attached hydrogen (secondary N) is 1. The molecule has 6 nitrogen and oxygen atoms in total. The van der Waals surface area contributed by atoms with E-state index < -0.39 is 0 Å². The highest BCUT2D eigenvalue weighted by Gasteiger charge is 2.35. The molecule has 2 aliphatic heterocycles. The van der Waals surface area contributed by atoms with Crippen LogP contribution in [-0.2, 0) is 4.79 Å². The van der Waals surface area contributed by atoms with Gasteiger partial charge in [-0.1, -0.05) is 12.1 Å². The Labute approximate surface area is 158 Å². The van der Waals surface area contributed by atoms with Crippen molar-refractivity contribution in [1.82, 2.24) is 9.88 Å². The number of nitrogens with zero attached hydrogens (tertiary/aromatic N) is 3. The molecule has 26 heavy (non-hydrogen) atoms. The lowest BCUT2D eigenvalue weighted by atomic mass is 9.95. The first-order chi connectivity index (χ1) is 12.1. The molecule has 0 unspecified atom stereocenters. The lowest BCUT2D eigenvalue weighted by molar-refractivity contribution is -0.122. The summed E-state index contributed by atoms with van der Waals surface area (Å²) in [6.07, 6.45) is 3.25. The van der Waals surface area contributed by atoms with Crippen molar-refractivity contribution in [1.29, 1.82) is 0 Å². The molecule has 0 atom stereocenters. The molecule has 0 radical (unpaired) electrons. The largest absolute Gasteiger partial charge is 0.320 e. The summed E-state index contributed by atoms with van der Waals surface area (Å²) in [6.45, 7) is 1.80. The Hall–Kier alpha value is -2.44. The van der Waals surface area contributed by atoms with Gasteiger partial charge in [-0.3, -0.25) is 14.5 Å². The zero-order valence-electron chi connectivity index (χ0n) is 14.5. The van der Waals surface area contributed by atoms with E-state index in [0.29, 0.717) is 22.8 Å². The fourth-order valence-corrected chi connectivity index (χ4v) is 3.49. The van der Waals surface area contributed by atoms with Crippen molar-refractivity contribution in [3.63, 3.8) is 0 Å². The number of fused-ring (bicyclic) bond motifs is 2. The van der Waals surface area contributed by atoms with E-state index in [0.717, 1.165) is 25.9 Å². The van der Waals surface area contributed by atoms with Gasteiger partial charge in [-0.25, -0.2) is 4.98 Å². The Balaban J connectivity index is 0.00000196. The minimum absolute atomic E-state index is 0. The standard InChI is InChI=1S/C19H20N4O2.ClH/c1-22-11-8-13(9-12-22)19(25)23-16-7-3-2-6-15(16)21-18(24)14-5-4-10-20-17(14)23;/h2-7,10,13H,8-9,11-12H2,1H3,(H,21,24);1H. The second-order valence-corrected chi connectivity index (χ2v) is 6.60. The SMILES string of the molecule is CN1CCC(C(=O)N2c3ccccc3NC(=O)c3cccnc32)CC1.Cl. The first kappa shape index (κ1) is 18.4. The van der Waals surface area contributed by atoms with Crippen LogP contribution in [0, 0.1) is 5.92 Å². The van der Waals surface area contributed by atoms with Gasteiger partial charge in [0.25, 0.3) is 5.91 Å². The number of carbonyl (C=O) groups excluding carboxylic acids is 2. The zero-order chi connectivity index (χ0) is 17.4. The number of aromatic nitrogens is 1. The number of para-hydroxylation sites is 2. The Morgan fingerprint density at radius 2 is 1.88 bits per heavy atom. The van der Waals surface area contributed by atoms with Crippen LogP contribution in [0.5, 0.6) is 0 Å². The third kappa shape index (κ3) is 3.18. The Morgan fingerprint density at radius 1 is 1.15 bits per heavy atom. The summed E-state index contributed by atoms with van der Waals surface area (Å²) < 4.78 is 0. The molecule has 3 heterocycles. The van der Waals surface area contributed by atoms with Crippen LogP contribution in [0.3, 0.4) is 0 Å². The quantitative estimate of drug-likeness (QED) is 0.835. The molecular weight excluding hydrogens is 352 g/mol. The van der Waals surface area contributed by atoms with Crippen LogP contribution < -0.4 is 10.2 Å². The van der Waals surface area contributed by atoms with Crippen LogP contribution in [0.25, 0.3) is 0 Å². The average Bonchev–Trinajstić information content (AvgIpc) is 2.76. The van der Waals surface area contributed by atoms with Gasteiger partial charge in [0.2, 0.25) is 5.91 Å². The molecule has 2 aromatic rings. The van der Waals surface area contributed by atoms with E-state index in [9.17, 15) is 9.59 Å². The topological polar surface area (TPSA) is 65.5 Å². The smallest absolute Gasteiger partial charge is 0.259 e. The van der Waals surface area contributed by atoms with Gasteiger partial charge in [-0.05, 0) is 57.2 Å². The molecule has 0 spiro atoms. The second kappa shape index (κ2) is 7.43. The molecule has 2 amide bonds. The minimum atomic E-state index is -0.241. The van der Waals surface area contributed by atoms with Gasteiger partial charge in [0, 0.05) is 12.1 Å². The monoisotopic (exact) mass is 372 g/mol. The van der Waals surface area contributed by atoms with Crippen molar-refractivity contribution in [3.8, 4) is 0 Å². The number of hydrogen-bond donors (Lipinski definition) is 1. The van der Waals surface area contributed by atoms with Crippen LogP contribution in [-0.4, -0.2) is 41.8 Å². The van der Waals surface area contributed by atoms with E-state index in [1.165, 1.54) is 0 Å². The normalized spacial score (nSPS) is 17.4. The third-order valence-electron chi connectivity index (χ3n) is 4.92. The molecule has 1 aromatic carbocycles. The summed E-state index contributed by atoms with van der Waals surface area (Å²) in [5, 5.41) is 2.89. The summed E-state index contributed by atoms with van der Waals surface area (Å²) in [4.78, 5) is 34.2. The number of pyridine rings is 1. The molecule has 2 aliphatic rings. The van der Waals surface area contributed by atoms with Crippen LogP contribution in [0.2, 0.25) is 0 Å². The van der Waals surface area contributed by atoms with Gasteiger partial charge in [-0.2, -0.15) is 0 Å². The molecule has 4 rings (SSSR count). The number of anilines is 3. The maximum absolute atomic E-state index is 13.4.